The van der Waals surface area contributed by atoms with Crippen LogP contribution in [0.5, 0.6) is 0 Å². The van der Waals surface area contributed by atoms with Gasteiger partial charge < -0.3 is 10.2 Å². The van der Waals surface area contributed by atoms with E-state index in [2.05, 4.69) is 27.4 Å². The fourth-order valence-corrected chi connectivity index (χ4v) is 3.49. The summed E-state index contributed by atoms with van der Waals surface area (Å²) in [6, 6.07) is 15.9. The molecule has 0 aliphatic carbocycles. The maximum Gasteiger partial charge on any atom is 0.222 e. The summed E-state index contributed by atoms with van der Waals surface area (Å²) in [7, 11) is 0. The van der Waals surface area contributed by atoms with Gasteiger partial charge in [0.25, 0.3) is 0 Å². The van der Waals surface area contributed by atoms with Crippen molar-refractivity contribution < 1.29 is 4.79 Å². The van der Waals surface area contributed by atoms with Gasteiger partial charge in [-0.2, -0.15) is 0 Å². The molecule has 3 heterocycles. The molecule has 28 heavy (non-hydrogen) atoms. The molecule has 6 nitrogen and oxygen atoms in total. The SMILES string of the molecule is Cc1cc(NC(CN2CCCC2=O)c2ccccc2)nc(-c2ccncc2)n1. The van der Waals surface area contributed by atoms with Crippen molar-refractivity contribution in [2.45, 2.75) is 25.8 Å². The minimum atomic E-state index is -0.0390. The molecular formula is C22H23N5O. The Hall–Kier alpha value is -3.28. The molecule has 1 aromatic carbocycles. The largest absolute Gasteiger partial charge is 0.361 e. The van der Waals surface area contributed by atoms with Gasteiger partial charge in [-0.1, -0.05) is 30.3 Å². The molecule has 1 amide bonds. The van der Waals surface area contributed by atoms with Crippen molar-refractivity contribution in [3.63, 3.8) is 0 Å². The van der Waals surface area contributed by atoms with Gasteiger partial charge in [0, 0.05) is 49.2 Å². The van der Waals surface area contributed by atoms with E-state index in [9.17, 15) is 4.79 Å². The van der Waals surface area contributed by atoms with Crippen LogP contribution in [0.25, 0.3) is 11.4 Å². The molecule has 0 radical (unpaired) electrons. The number of hydrogen-bond donors (Lipinski definition) is 1. The average molecular weight is 373 g/mol. The van der Waals surface area contributed by atoms with Crippen LogP contribution in [0.15, 0.2) is 60.9 Å². The van der Waals surface area contributed by atoms with Crippen LogP contribution in [0.3, 0.4) is 0 Å². The molecule has 1 fully saturated rings. The Labute approximate surface area is 164 Å². The second-order valence-corrected chi connectivity index (χ2v) is 7.00. The molecule has 1 atom stereocenters. The summed E-state index contributed by atoms with van der Waals surface area (Å²) in [5.41, 5.74) is 2.94. The predicted octanol–water partition coefficient (Wildman–Crippen LogP) is 3.62. The quantitative estimate of drug-likeness (QED) is 0.714. The lowest BCUT2D eigenvalue weighted by Gasteiger charge is -2.26. The van der Waals surface area contributed by atoms with Crippen LogP contribution in [0.1, 0.15) is 30.1 Å². The van der Waals surface area contributed by atoms with E-state index in [1.165, 1.54) is 0 Å². The molecule has 1 aliphatic rings. The molecule has 0 bridgehead atoms. The van der Waals surface area contributed by atoms with E-state index in [0.29, 0.717) is 18.8 Å². The molecule has 6 heteroatoms. The second-order valence-electron chi connectivity index (χ2n) is 7.00. The molecule has 0 saturated carbocycles. The van der Waals surface area contributed by atoms with E-state index in [-0.39, 0.29) is 11.9 Å². The number of aryl methyl sites for hydroxylation is 1. The Bertz CT molecular complexity index is 946. The van der Waals surface area contributed by atoms with Crippen LogP contribution in [0, 0.1) is 6.92 Å². The van der Waals surface area contributed by atoms with Crippen LogP contribution in [-0.4, -0.2) is 38.8 Å². The lowest BCUT2D eigenvalue weighted by Crippen LogP contribution is -2.32. The van der Waals surface area contributed by atoms with Gasteiger partial charge in [0.2, 0.25) is 5.91 Å². The molecule has 142 valence electrons. The van der Waals surface area contributed by atoms with Gasteiger partial charge in [-0.05, 0) is 31.0 Å². The first-order valence-electron chi connectivity index (χ1n) is 9.54. The van der Waals surface area contributed by atoms with Crippen molar-refractivity contribution in [2.75, 3.05) is 18.4 Å². The van der Waals surface area contributed by atoms with Crippen molar-refractivity contribution in [2.24, 2.45) is 0 Å². The summed E-state index contributed by atoms with van der Waals surface area (Å²) in [6.07, 6.45) is 5.04. The zero-order valence-corrected chi connectivity index (χ0v) is 15.9. The van der Waals surface area contributed by atoms with Gasteiger partial charge in [-0.15, -0.1) is 0 Å². The molecule has 3 aromatic rings. The third kappa shape index (κ3) is 4.17. The molecule has 2 aromatic heterocycles. The number of rotatable bonds is 6. The fraction of sp³-hybridized carbons (Fsp3) is 0.273. The van der Waals surface area contributed by atoms with Gasteiger partial charge in [0.05, 0.1) is 6.04 Å². The Morgan fingerprint density at radius 1 is 1.11 bits per heavy atom. The van der Waals surface area contributed by atoms with Crippen LogP contribution in [0.2, 0.25) is 0 Å². The molecular weight excluding hydrogens is 350 g/mol. The highest BCUT2D eigenvalue weighted by molar-refractivity contribution is 5.78. The number of hydrogen-bond acceptors (Lipinski definition) is 5. The second kappa shape index (κ2) is 8.17. The van der Waals surface area contributed by atoms with Crippen LogP contribution >= 0.6 is 0 Å². The number of pyridine rings is 1. The molecule has 1 aliphatic heterocycles. The maximum absolute atomic E-state index is 12.2. The number of nitrogens with one attached hydrogen (secondary N) is 1. The number of benzene rings is 1. The average Bonchev–Trinajstić information content (AvgIpc) is 3.13. The number of aromatic nitrogens is 3. The topological polar surface area (TPSA) is 71.0 Å². The van der Waals surface area contributed by atoms with E-state index < -0.39 is 0 Å². The molecule has 0 spiro atoms. The highest BCUT2D eigenvalue weighted by Gasteiger charge is 2.24. The van der Waals surface area contributed by atoms with Crippen LogP contribution in [-0.2, 0) is 4.79 Å². The van der Waals surface area contributed by atoms with Crippen LogP contribution < -0.4 is 5.32 Å². The van der Waals surface area contributed by atoms with Gasteiger partial charge in [-0.25, -0.2) is 9.97 Å². The highest BCUT2D eigenvalue weighted by Crippen LogP contribution is 2.24. The van der Waals surface area contributed by atoms with E-state index >= 15 is 0 Å². The van der Waals surface area contributed by atoms with E-state index in [1.807, 2.05) is 48.2 Å². The number of nitrogens with zero attached hydrogens (tertiary/aromatic N) is 4. The first kappa shape index (κ1) is 18.1. The Kier molecular flexibility index (Phi) is 5.28. The third-order valence-corrected chi connectivity index (χ3v) is 4.89. The summed E-state index contributed by atoms with van der Waals surface area (Å²) in [5, 5.41) is 3.53. The summed E-state index contributed by atoms with van der Waals surface area (Å²) in [5.74, 6) is 1.63. The zero-order valence-electron chi connectivity index (χ0n) is 15.9. The van der Waals surface area contributed by atoms with Gasteiger partial charge >= 0.3 is 0 Å². The number of carbonyl (C=O) groups is 1. The van der Waals surface area contributed by atoms with Gasteiger partial charge in [0.1, 0.15) is 5.82 Å². The smallest absolute Gasteiger partial charge is 0.222 e. The van der Waals surface area contributed by atoms with E-state index in [1.54, 1.807) is 12.4 Å². The minimum Gasteiger partial charge on any atom is -0.361 e. The third-order valence-electron chi connectivity index (χ3n) is 4.89. The molecule has 1 N–H and O–H groups in total. The van der Waals surface area contributed by atoms with Crippen LogP contribution in [0.4, 0.5) is 5.82 Å². The first-order chi connectivity index (χ1) is 13.7. The van der Waals surface area contributed by atoms with Crippen molar-refractivity contribution >= 4 is 11.7 Å². The Balaban J connectivity index is 1.63. The number of amides is 1. The van der Waals surface area contributed by atoms with E-state index in [4.69, 9.17) is 4.98 Å². The standard InChI is InChI=1S/C22H23N5O/c1-16-14-20(26-22(24-16)18-9-11-23-12-10-18)25-19(17-6-3-2-4-7-17)15-27-13-5-8-21(27)28/h2-4,6-7,9-12,14,19H,5,8,13,15H2,1H3,(H,24,25,26). The summed E-state index contributed by atoms with van der Waals surface area (Å²) < 4.78 is 0. The molecule has 1 saturated heterocycles. The lowest BCUT2D eigenvalue weighted by atomic mass is 10.1. The highest BCUT2D eigenvalue weighted by atomic mass is 16.2. The normalized spacial score (nSPS) is 14.9. The van der Waals surface area contributed by atoms with Crippen molar-refractivity contribution in [3.8, 4) is 11.4 Å². The molecule has 1 unspecified atom stereocenters. The predicted molar refractivity (Wildman–Crippen MR) is 109 cm³/mol. The number of likely N-dealkylation sites (tertiary alicyclic amines) is 1. The summed E-state index contributed by atoms with van der Waals surface area (Å²) in [6.45, 7) is 3.39. The van der Waals surface area contributed by atoms with Crippen molar-refractivity contribution in [1.29, 1.82) is 0 Å². The lowest BCUT2D eigenvalue weighted by molar-refractivity contribution is -0.127. The van der Waals surface area contributed by atoms with E-state index in [0.717, 1.165) is 35.6 Å². The maximum atomic E-state index is 12.2. The zero-order chi connectivity index (χ0) is 19.3. The molecule has 4 rings (SSSR count). The Morgan fingerprint density at radius 3 is 2.61 bits per heavy atom. The van der Waals surface area contributed by atoms with Gasteiger partial charge in [0.15, 0.2) is 5.82 Å². The monoisotopic (exact) mass is 373 g/mol. The van der Waals surface area contributed by atoms with Crippen molar-refractivity contribution in [3.05, 3.63) is 72.2 Å². The summed E-state index contributed by atoms with van der Waals surface area (Å²) >= 11 is 0. The number of anilines is 1. The fourth-order valence-electron chi connectivity index (χ4n) is 3.49. The number of carbonyl (C=O) groups excluding carboxylic acids is 1. The summed E-state index contributed by atoms with van der Waals surface area (Å²) in [4.78, 5) is 27.4. The minimum absolute atomic E-state index is 0.0390. The Morgan fingerprint density at radius 2 is 1.89 bits per heavy atom. The first-order valence-corrected chi connectivity index (χ1v) is 9.54. The van der Waals surface area contributed by atoms with Gasteiger partial charge in [-0.3, -0.25) is 9.78 Å². The van der Waals surface area contributed by atoms with Crippen molar-refractivity contribution in [1.82, 2.24) is 19.9 Å².